The first-order valence-corrected chi connectivity index (χ1v) is 9.07. The molecule has 0 aliphatic carbocycles. The van der Waals surface area contributed by atoms with E-state index >= 15 is 0 Å². The maximum Gasteiger partial charge on any atom is 0.232 e. The van der Waals surface area contributed by atoms with Crippen LogP contribution in [0.1, 0.15) is 16.8 Å². The predicted molar refractivity (Wildman–Crippen MR) is 99.0 cm³/mol. The van der Waals surface area contributed by atoms with E-state index in [1.807, 2.05) is 54.0 Å². The van der Waals surface area contributed by atoms with Gasteiger partial charge in [-0.25, -0.2) is 4.98 Å². The highest BCUT2D eigenvalue weighted by Gasteiger charge is 2.10. The number of hydrogen-bond donors (Lipinski definition) is 0. The monoisotopic (exact) mass is 339 g/mol. The average molecular weight is 339 g/mol. The number of thioether (sulfide) groups is 1. The number of imidazole rings is 1. The molecule has 0 fully saturated rings. The molecule has 2 aromatic heterocycles. The molecular formula is C19H21N3OS. The summed E-state index contributed by atoms with van der Waals surface area (Å²) in [5.41, 5.74) is 4.30. The lowest BCUT2D eigenvalue weighted by molar-refractivity contribution is -0.127. The van der Waals surface area contributed by atoms with Gasteiger partial charge in [0.25, 0.3) is 0 Å². The first-order valence-electron chi connectivity index (χ1n) is 7.92. The zero-order valence-electron chi connectivity index (χ0n) is 14.0. The quantitative estimate of drug-likeness (QED) is 0.689. The van der Waals surface area contributed by atoms with E-state index in [4.69, 9.17) is 0 Å². The SMILES string of the molecule is Cc1ccc2nc(CSCC(=O)N(C)Cc3ccccc3)cn2c1. The Morgan fingerprint density at radius 1 is 1.17 bits per heavy atom. The number of pyridine rings is 1. The van der Waals surface area contributed by atoms with Crippen LogP contribution >= 0.6 is 11.8 Å². The molecule has 0 aliphatic heterocycles. The van der Waals surface area contributed by atoms with E-state index < -0.39 is 0 Å². The summed E-state index contributed by atoms with van der Waals surface area (Å²) >= 11 is 1.61. The molecule has 24 heavy (non-hydrogen) atoms. The van der Waals surface area contributed by atoms with Crippen LogP contribution in [-0.4, -0.2) is 33.0 Å². The Bertz CT molecular complexity index is 829. The van der Waals surface area contributed by atoms with Gasteiger partial charge in [0.1, 0.15) is 5.65 Å². The van der Waals surface area contributed by atoms with Gasteiger partial charge in [0.05, 0.1) is 11.4 Å². The second-order valence-electron chi connectivity index (χ2n) is 5.93. The third-order valence-electron chi connectivity index (χ3n) is 3.81. The zero-order chi connectivity index (χ0) is 16.9. The van der Waals surface area contributed by atoms with Crippen molar-refractivity contribution in [3.8, 4) is 0 Å². The first kappa shape index (κ1) is 16.6. The van der Waals surface area contributed by atoms with E-state index in [0.717, 1.165) is 22.7 Å². The highest BCUT2D eigenvalue weighted by Crippen LogP contribution is 2.14. The molecule has 0 N–H and O–H groups in total. The molecule has 3 aromatic rings. The number of hydrogen-bond acceptors (Lipinski definition) is 3. The highest BCUT2D eigenvalue weighted by atomic mass is 32.2. The predicted octanol–water partition coefficient (Wildman–Crippen LogP) is 3.53. The average Bonchev–Trinajstić information content (AvgIpc) is 2.97. The molecule has 0 radical (unpaired) electrons. The van der Waals surface area contributed by atoms with Gasteiger partial charge >= 0.3 is 0 Å². The fourth-order valence-electron chi connectivity index (χ4n) is 2.52. The number of nitrogens with zero attached hydrogens (tertiary/aromatic N) is 3. The van der Waals surface area contributed by atoms with Crippen LogP contribution in [0.5, 0.6) is 0 Å². The number of rotatable bonds is 6. The van der Waals surface area contributed by atoms with E-state index in [-0.39, 0.29) is 5.91 Å². The maximum atomic E-state index is 12.2. The highest BCUT2D eigenvalue weighted by molar-refractivity contribution is 7.99. The van der Waals surface area contributed by atoms with Gasteiger partial charge in [-0.15, -0.1) is 11.8 Å². The molecule has 1 amide bonds. The van der Waals surface area contributed by atoms with Crippen LogP contribution in [-0.2, 0) is 17.1 Å². The molecular weight excluding hydrogens is 318 g/mol. The van der Waals surface area contributed by atoms with Gasteiger partial charge in [0.2, 0.25) is 5.91 Å². The molecule has 4 nitrogen and oxygen atoms in total. The normalized spacial score (nSPS) is 10.9. The van der Waals surface area contributed by atoms with E-state index in [0.29, 0.717) is 12.3 Å². The second kappa shape index (κ2) is 7.53. The summed E-state index contributed by atoms with van der Waals surface area (Å²) in [6.07, 6.45) is 4.10. The molecule has 124 valence electrons. The molecule has 0 saturated carbocycles. The van der Waals surface area contributed by atoms with E-state index in [2.05, 4.69) is 24.2 Å². The minimum absolute atomic E-state index is 0.142. The molecule has 0 atom stereocenters. The number of fused-ring (bicyclic) bond motifs is 1. The summed E-state index contributed by atoms with van der Waals surface area (Å²) in [6.45, 7) is 2.71. The van der Waals surface area contributed by atoms with E-state index in [1.165, 1.54) is 5.56 Å². The summed E-state index contributed by atoms with van der Waals surface area (Å²) in [6, 6.07) is 14.1. The summed E-state index contributed by atoms with van der Waals surface area (Å²) < 4.78 is 2.04. The third-order valence-corrected chi connectivity index (χ3v) is 4.76. The fourth-order valence-corrected chi connectivity index (χ4v) is 3.37. The summed E-state index contributed by atoms with van der Waals surface area (Å²) in [5.74, 6) is 1.35. The number of benzene rings is 1. The summed E-state index contributed by atoms with van der Waals surface area (Å²) in [7, 11) is 1.85. The number of aryl methyl sites for hydroxylation is 1. The number of aromatic nitrogens is 2. The van der Waals surface area contributed by atoms with Crippen molar-refractivity contribution in [3.63, 3.8) is 0 Å². The van der Waals surface area contributed by atoms with Crippen molar-refractivity contribution < 1.29 is 4.79 Å². The fraction of sp³-hybridized carbons (Fsp3) is 0.263. The first-order chi connectivity index (χ1) is 11.6. The van der Waals surface area contributed by atoms with Gasteiger partial charge in [0.15, 0.2) is 0 Å². The van der Waals surface area contributed by atoms with Gasteiger partial charge < -0.3 is 9.30 Å². The zero-order valence-corrected chi connectivity index (χ0v) is 14.8. The maximum absolute atomic E-state index is 12.2. The van der Waals surface area contributed by atoms with Crippen molar-refractivity contribution in [2.24, 2.45) is 0 Å². The molecule has 5 heteroatoms. The topological polar surface area (TPSA) is 37.6 Å². The van der Waals surface area contributed by atoms with Crippen molar-refractivity contribution >= 4 is 23.3 Å². The summed E-state index contributed by atoms with van der Waals surface area (Å²) in [5, 5.41) is 0. The molecule has 0 bridgehead atoms. The molecule has 0 aliphatic rings. The minimum atomic E-state index is 0.142. The number of carbonyl (C=O) groups is 1. The van der Waals surface area contributed by atoms with Crippen LogP contribution < -0.4 is 0 Å². The molecule has 2 heterocycles. The Labute approximate surface area is 146 Å². The molecule has 0 spiro atoms. The van der Waals surface area contributed by atoms with Crippen LogP contribution in [0.4, 0.5) is 0 Å². The van der Waals surface area contributed by atoms with Crippen LogP contribution in [0.2, 0.25) is 0 Å². The minimum Gasteiger partial charge on any atom is -0.341 e. The van der Waals surface area contributed by atoms with Crippen molar-refractivity contribution in [2.75, 3.05) is 12.8 Å². The molecule has 0 unspecified atom stereocenters. The number of carbonyl (C=O) groups excluding carboxylic acids is 1. The molecule has 1 aromatic carbocycles. The van der Waals surface area contributed by atoms with Gasteiger partial charge in [-0.05, 0) is 24.1 Å². The van der Waals surface area contributed by atoms with Gasteiger partial charge in [-0.1, -0.05) is 36.4 Å². The number of amides is 1. The smallest absolute Gasteiger partial charge is 0.232 e. The summed E-state index contributed by atoms with van der Waals surface area (Å²) in [4.78, 5) is 18.6. The third kappa shape index (κ3) is 4.17. The van der Waals surface area contributed by atoms with Crippen molar-refractivity contribution in [3.05, 3.63) is 71.7 Å². The van der Waals surface area contributed by atoms with Crippen LogP contribution in [0.15, 0.2) is 54.9 Å². The van der Waals surface area contributed by atoms with Gasteiger partial charge in [-0.3, -0.25) is 4.79 Å². The van der Waals surface area contributed by atoms with Gasteiger partial charge in [-0.2, -0.15) is 0 Å². The molecule has 0 saturated heterocycles. The van der Waals surface area contributed by atoms with Crippen molar-refractivity contribution in [1.82, 2.24) is 14.3 Å². The van der Waals surface area contributed by atoms with E-state index in [1.54, 1.807) is 16.7 Å². The Hall–Kier alpha value is -2.27. The van der Waals surface area contributed by atoms with Gasteiger partial charge in [0, 0.05) is 31.7 Å². The van der Waals surface area contributed by atoms with Crippen molar-refractivity contribution in [2.45, 2.75) is 19.2 Å². The Morgan fingerprint density at radius 3 is 2.75 bits per heavy atom. The second-order valence-corrected chi connectivity index (χ2v) is 6.92. The largest absolute Gasteiger partial charge is 0.341 e. The lowest BCUT2D eigenvalue weighted by Gasteiger charge is -2.16. The standard InChI is InChI=1S/C19H21N3OS/c1-15-8-9-18-20-17(12-22(18)10-15)13-24-14-19(23)21(2)11-16-6-4-3-5-7-16/h3-10,12H,11,13-14H2,1-2H3. The Morgan fingerprint density at radius 2 is 1.96 bits per heavy atom. The Kier molecular flexibility index (Phi) is 5.20. The van der Waals surface area contributed by atoms with Crippen LogP contribution in [0.3, 0.4) is 0 Å². The lowest BCUT2D eigenvalue weighted by Crippen LogP contribution is -2.27. The Balaban J connectivity index is 1.50. The van der Waals surface area contributed by atoms with Crippen molar-refractivity contribution in [1.29, 1.82) is 0 Å². The van der Waals surface area contributed by atoms with Crippen LogP contribution in [0.25, 0.3) is 5.65 Å². The van der Waals surface area contributed by atoms with Crippen LogP contribution in [0, 0.1) is 6.92 Å². The lowest BCUT2D eigenvalue weighted by atomic mass is 10.2. The van der Waals surface area contributed by atoms with E-state index in [9.17, 15) is 4.79 Å². The molecule has 3 rings (SSSR count).